The topological polar surface area (TPSA) is 73.6 Å². The Labute approximate surface area is 133 Å². The number of methoxy groups -OCH3 is 2. The second kappa shape index (κ2) is 8.03. The molecule has 1 amide bonds. The molecule has 0 aliphatic rings. The Morgan fingerprint density at radius 2 is 1.91 bits per heavy atom. The van der Waals surface area contributed by atoms with Crippen LogP contribution in [0.4, 0.5) is 0 Å². The molecule has 5 nitrogen and oxygen atoms in total. The van der Waals surface area contributed by atoms with E-state index in [-0.39, 0.29) is 11.3 Å². The second-order valence-electron chi connectivity index (χ2n) is 6.07. The van der Waals surface area contributed by atoms with Crippen molar-refractivity contribution in [2.24, 2.45) is 5.73 Å². The molecular formula is C17H28N2O3. The Morgan fingerprint density at radius 3 is 2.45 bits per heavy atom. The summed E-state index contributed by atoms with van der Waals surface area (Å²) in [5.41, 5.74) is 6.66. The average molecular weight is 308 g/mol. The minimum atomic E-state index is -0.439. The maximum absolute atomic E-state index is 12.0. The average Bonchev–Trinajstić information content (AvgIpc) is 2.52. The van der Waals surface area contributed by atoms with Crippen LogP contribution in [0.25, 0.3) is 0 Å². The maximum Gasteiger partial charge on any atom is 0.236 e. The van der Waals surface area contributed by atoms with E-state index in [1.54, 1.807) is 14.2 Å². The van der Waals surface area contributed by atoms with Gasteiger partial charge in [-0.2, -0.15) is 0 Å². The molecule has 1 rings (SSSR count). The fourth-order valence-corrected chi connectivity index (χ4v) is 2.24. The van der Waals surface area contributed by atoms with Crippen LogP contribution in [0.5, 0.6) is 11.5 Å². The van der Waals surface area contributed by atoms with Gasteiger partial charge in [-0.25, -0.2) is 0 Å². The van der Waals surface area contributed by atoms with Gasteiger partial charge < -0.3 is 20.5 Å². The lowest BCUT2D eigenvalue weighted by atomic mass is 9.84. The van der Waals surface area contributed by atoms with Crippen LogP contribution in [-0.2, 0) is 10.2 Å². The van der Waals surface area contributed by atoms with Crippen LogP contribution in [0.15, 0.2) is 18.2 Å². The highest BCUT2D eigenvalue weighted by Crippen LogP contribution is 2.32. The van der Waals surface area contributed by atoms with Gasteiger partial charge in [0.05, 0.1) is 20.3 Å². The molecule has 124 valence electrons. The van der Waals surface area contributed by atoms with Crippen LogP contribution in [0.1, 0.15) is 39.2 Å². The molecule has 0 saturated heterocycles. The predicted molar refractivity (Wildman–Crippen MR) is 88.5 cm³/mol. The highest BCUT2D eigenvalue weighted by molar-refractivity contribution is 5.81. The molecule has 0 aromatic heterocycles. The van der Waals surface area contributed by atoms with Gasteiger partial charge >= 0.3 is 0 Å². The van der Waals surface area contributed by atoms with Crippen molar-refractivity contribution >= 4 is 5.91 Å². The molecule has 0 bridgehead atoms. The molecule has 0 aliphatic carbocycles. The summed E-state index contributed by atoms with van der Waals surface area (Å²) in [6, 6.07) is 5.36. The van der Waals surface area contributed by atoms with Crippen molar-refractivity contribution in [1.82, 2.24) is 5.32 Å². The van der Waals surface area contributed by atoms with Crippen molar-refractivity contribution in [2.75, 3.05) is 20.8 Å². The van der Waals surface area contributed by atoms with Gasteiger partial charge in [0.1, 0.15) is 0 Å². The molecular weight excluding hydrogens is 280 g/mol. The minimum Gasteiger partial charge on any atom is -0.493 e. The molecule has 5 heteroatoms. The van der Waals surface area contributed by atoms with Gasteiger partial charge in [0.2, 0.25) is 5.91 Å². The highest BCUT2D eigenvalue weighted by Gasteiger charge is 2.24. The van der Waals surface area contributed by atoms with E-state index in [9.17, 15) is 4.79 Å². The first kappa shape index (κ1) is 18.3. The molecule has 0 fully saturated rings. The monoisotopic (exact) mass is 308 g/mol. The normalized spacial score (nSPS) is 12.6. The van der Waals surface area contributed by atoms with E-state index in [0.717, 1.165) is 12.0 Å². The quantitative estimate of drug-likeness (QED) is 0.772. The third kappa shape index (κ3) is 4.63. The van der Waals surface area contributed by atoms with Crippen LogP contribution in [-0.4, -0.2) is 32.7 Å². The van der Waals surface area contributed by atoms with E-state index in [1.807, 2.05) is 25.1 Å². The van der Waals surface area contributed by atoms with Gasteiger partial charge in [-0.3, -0.25) is 4.79 Å². The second-order valence-corrected chi connectivity index (χ2v) is 6.07. The Bertz CT molecular complexity index is 501. The lowest BCUT2D eigenvalue weighted by molar-refractivity contribution is -0.122. The third-order valence-electron chi connectivity index (χ3n) is 3.81. The Morgan fingerprint density at radius 1 is 1.27 bits per heavy atom. The van der Waals surface area contributed by atoms with Crippen LogP contribution < -0.4 is 20.5 Å². The Balaban J connectivity index is 2.79. The number of amides is 1. The van der Waals surface area contributed by atoms with E-state index < -0.39 is 6.04 Å². The molecule has 0 aliphatic heterocycles. The van der Waals surface area contributed by atoms with Gasteiger partial charge in [-0.1, -0.05) is 33.3 Å². The summed E-state index contributed by atoms with van der Waals surface area (Å²) >= 11 is 0. The van der Waals surface area contributed by atoms with Crippen LogP contribution >= 0.6 is 0 Å². The number of benzene rings is 1. The number of nitrogens with one attached hydrogen (secondary N) is 1. The van der Waals surface area contributed by atoms with Crippen molar-refractivity contribution in [1.29, 1.82) is 0 Å². The molecule has 1 atom stereocenters. The van der Waals surface area contributed by atoms with Crippen LogP contribution in [0.2, 0.25) is 0 Å². The zero-order valence-electron chi connectivity index (χ0n) is 14.2. The first-order valence-corrected chi connectivity index (χ1v) is 7.61. The van der Waals surface area contributed by atoms with Gasteiger partial charge in [0.15, 0.2) is 11.5 Å². The van der Waals surface area contributed by atoms with Crippen LogP contribution in [0, 0.1) is 0 Å². The summed E-state index contributed by atoms with van der Waals surface area (Å²) in [5, 5.41) is 2.94. The lowest BCUT2D eigenvalue weighted by Gasteiger charge is -2.27. The van der Waals surface area contributed by atoms with Crippen molar-refractivity contribution in [3.63, 3.8) is 0 Å². The number of hydrogen-bond donors (Lipinski definition) is 2. The lowest BCUT2D eigenvalue weighted by Crippen LogP contribution is -2.45. The van der Waals surface area contributed by atoms with E-state index in [1.165, 1.54) is 0 Å². The van der Waals surface area contributed by atoms with E-state index in [4.69, 9.17) is 15.2 Å². The molecule has 1 aromatic carbocycles. The number of hydrogen-bond acceptors (Lipinski definition) is 4. The molecule has 1 aromatic rings. The number of rotatable bonds is 8. The van der Waals surface area contributed by atoms with E-state index in [2.05, 4.69) is 19.2 Å². The highest BCUT2D eigenvalue weighted by atomic mass is 16.5. The summed E-state index contributed by atoms with van der Waals surface area (Å²) in [4.78, 5) is 12.0. The van der Waals surface area contributed by atoms with Gasteiger partial charge in [-0.15, -0.1) is 0 Å². The van der Waals surface area contributed by atoms with E-state index >= 15 is 0 Å². The van der Waals surface area contributed by atoms with E-state index in [0.29, 0.717) is 24.5 Å². The number of ether oxygens (including phenoxy) is 2. The van der Waals surface area contributed by atoms with Crippen molar-refractivity contribution < 1.29 is 14.3 Å². The summed E-state index contributed by atoms with van der Waals surface area (Å²) in [7, 11) is 3.22. The van der Waals surface area contributed by atoms with Crippen molar-refractivity contribution in [2.45, 2.75) is 45.1 Å². The fraction of sp³-hybridized carbons (Fsp3) is 0.588. The standard InChI is InChI=1S/C17H28N2O3/c1-6-7-13(18)16(20)19-11-17(2,3)12-8-9-14(21-4)15(10-12)22-5/h8-10,13H,6-7,11,18H2,1-5H3,(H,19,20). The molecule has 0 radical (unpaired) electrons. The fourth-order valence-electron chi connectivity index (χ4n) is 2.24. The summed E-state index contributed by atoms with van der Waals surface area (Å²) in [5.74, 6) is 1.27. The Kier molecular flexibility index (Phi) is 6.68. The number of nitrogens with two attached hydrogens (primary N) is 1. The van der Waals surface area contributed by atoms with Gasteiger partial charge in [0.25, 0.3) is 0 Å². The zero-order chi connectivity index (χ0) is 16.8. The summed E-state index contributed by atoms with van der Waals surface area (Å²) in [6.45, 7) is 6.67. The first-order valence-electron chi connectivity index (χ1n) is 7.61. The van der Waals surface area contributed by atoms with Crippen molar-refractivity contribution in [3.8, 4) is 11.5 Å². The van der Waals surface area contributed by atoms with Crippen LogP contribution in [0.3, 0.4) is 0 Å². The molecule has 0 saturated carbocycles. The minimum absolute atomic E-state index is 0.101. The zero-order valence-corrected chi connectivity index (χ0v) is 14.2. The summed E-state index contributed by atoms with van der Waals surface area (Å²) in [6.07, 6.45) is 1.59. The molecule has 1 unspecified atom stereocenters. The molecule has 0 spiro atoms. The van der Waals surface area contributed by atoms with Gasteiger partial charge in [0, 0.05) is 12.0 Å². The maximum atomic E-state index is 12.0. The smallest absolute Gasteiger partial charge is 0.236 e. The molecule has 22 heavy (non-hydrogen) atoms. The SMILES string of the molecule is CCCC(N)C(=O)NCC(C)(C)c1ccc(OC)c(OC)c1. The predicted octanol–water partition coefficient (Wildman–Crippen LogP) is 2.23. The summed E-state index contributed by atoms with van der Waals surface area (Å²) < 4.78 is 10.6. The largest absolute Gasteiger partial charge is 0.493 e. The molecule has 0 heterocycles. The third-order valence-corrected chi connectivity index (χ3v) is 3.81. The first-order chi connectivity index (χ1) is 10.4. The Hall–Kier alpha value is -1.75. The van der Waals surface area contributed by atoms with Crippen molar-refractivity contribution in [3.05, 3.63) is 23.8 Å². The molecule has 3 N–H and O–H groups in total. The van der Waals surface area contributed by atoms with Gasteiger partial charge in [-0.05, 0) is 24.1 Å². The number of carbonyl (C=O) groups is 1. The number of carbonyl (C=O) groups excluding carboxylic acids is 1.